The first-order chi connectivity index (χ1) is 13.2. The molecule has 8 unspecified atom stereocenters. The number of aliphatic carboxylic acids is 1. The van der Waals surface area contributed by atoms with Gasteiger partial charge in [-0.3, -0.25) is 4.79 Å². The zero-order valence-corrected chi connectivity index (χ0v) is 21.2. The number of hydrogen-bond donors (Lipinski definition) is 0. The average Bonchev–Trinajstić information content (AvgIpc) is 3.00. The molecule has 0 bridgehead atoms. The van der Waals surface area contributed by atoms with E-state index in [1.54, 1.807) is 0 Å². The fourth-order valence-electron chi connectivity index (χ4n) is 8.67. The summed E-state index contributed by atoms with van der Waals surface area (Å²) in [5, 5.41) is 10.9. The van der Waals surface area contributed by atoms with Gasteiger partial charge in [-0.05, 0) is 98.2 Å². The third-order valence-electron chi connectivity index (χ3n) is 10.1. The average molecular weight is 412 g/mol. The fourth-order valence-corrected chi connectivity index (χ4v) is 8.67. The van der Waals surface area contributed by atoms with Gasteiger partial charge >= 0.3 is 29.6 Å². The topological polar surface area (TPSA) is 60.4 Å². The SMILES string of the molecule is CC(CCC(=O)[O-])C1CCC2C3CCC4N(C)C(=O)CCC4(C)C3CCC12C.[Na+]. The number of fused-ring (bicyclic) bond motifs is 5. The molecule has 1 amide bonds. The van der Waals surface area contributed by atoms with Crippen LogP contribution in [0, 0.1) is 40.4 Å². The fraction of sp³-hybridized carbons (Fsp3) is 0.917. The number of amides is 1. The summed E-state index contributed by atoms with van der Waals surface area (Å²) in [5.41, 5.74) is 0.650. The number of carbonyl (C=O) groups excluding carboxylic acids is 2. The first-order valence-electron chi connectivity index (χ1n) is 11.6. The Hall–Kier alpha value is -0.0600. The standard InChI is InChI=1S/C24H39NO3.Na/c1-15(5-10-22(27)28)17-7-8-18-16-6-9-20-24(3,14-12-21(26)25(20)4)19(16)11-13-23(17,18)2;/h15-20H,5-14H2,1-4H3,(H,27,28);/q;+1/p-1. The third kappa shape index (κ3) is 3.74. The van der Waals surface area contributed by atoms with Crippen molar-refractivity contribution in [3.63, 3.8) is 0 Å². The van der Waals surface area contributed by atoms with Crippen LogP contribution in [0.25, 0.3) is 0 Å². The van der Waals surface area contributed by atoms with E-state index in [0.717, 1.165) is 43.4 Å². The molecule has 158 valence electrons. The monoisotopic (exact) mass is 411 g/mol. The molecule has 0 aromatic rings. The molecule has 4 rings (SSSR count). The molecule has 4 nitrogen and oxygen atoms in total. The van der Waals surface area contributed by atoms with E-state index in [1.807, 2.05) is 7.05 Å². The molecular weight excluding hydrogens is 373 g/mol. The van der Waals surface area contributed by atoms with E-state index in [0.29, 0.717) is 29.2 Å². The second kappa shape index (κ2) is 8.47. The van der Waals surface area contributed by atoms with Crippen molar-refractivity contribution >= 4 is 11.9 Å². The number of rotatable bonds is 4. The van der Waals surface area contributed by atoms with Crippen molar-refractivity contribution in [3.8, 4) is 0 Å². The molecule has 5 heteroatoms. The number of hydrogen-bond acceptors (Lipinski definition) is 3. The molecule has 3 saturated carbocycles. The minimum absolute atomic E-state index is 0. The maximum Gasteiger partial charge on any atom is 1.00 e. The van der Waals surface area contributed by atoms with Crippen molar-refractivity contribution < 1.29 is 44.3 Å². The van der Waals surface area contributed by atoms with Crippen LogP contribution < -0.4 is 34.7 Å². The van der Waals surface area contributed by atoms with E-state index in [2.05, 4.69) is 25.7 Å². The van der Waals surface area contributed by atoms with Gasteiger partial charge in [0.1, 0.15) is 0 Å². The van der Waals surface area contributed by atoms with Gasteiger partial charge in [0.05, 0.1) is 0 Å². The number of likely N-dealkylation sites (tertiary alicyclic amines) is 1. The molecule has 1 heterocycles. The summed E-state index contributed by atoms with van der Waals surface area (Å²) in [6.07, 6.45) is 10.3. The van der Waals surface area contributed by atoms with Gasteiger partial charge in [-0.2, -0.15) is 0 Å². The van der Waals surface area contributed by atoms with Crippen molar-refractivity contribution in [2.45, 2.75) is 91.0 Å². The second-order valence-electron chi connectivity index (χ2n) is 11.1. The number of carbonyl (C=O) groups is 2. The van der Waals surface area contributed by atoms with Gasteiger partial charge in [0.15, 0.2) is 0 Å². The Morgan fingerprint density at radius 2 is 1.79 bits per heavy atom. The normalized spacial score (nSPS) is 44.9. The predicted octanol–water partition coefficient (Wildman–Crippen LogP) is 0.636. The van der Waals surface area contributed by atoms with Crippen LogP contribution >= 0.6 is 0 Å². The van der Waals surface area contributed by atoms with E-state index in [1.165, 1.54) is 32.1 Å². The van der Waals surface area contributed by atoms with Gasteiger partial charge in [-0.25, -0.2) is 0 Å². The molecule has 4 fully saturated rings. The van der Waals surface area contributed by atoms with Crippen LogP contribution in [0.15, 0.2) is 0 Å². The molecule has 0 spiro atoms. The van der Waals surface area contributed by atoms with Crippen molar-refractivity contribution in [3.05, 3.63) is 0 Å². The summed E-state index contributed by atoms with van der Waals surface area (Å²) in [6.45, 7) is 7.27. The molecule has 8 atom stereocenters. The van der Waals surface area contributed by atoms with Gasteiger partial charge in [0.2, 0.25) is 5.91 Å². The van der Waals surface area contributed by atoms with E-state index in [-0.39, 0.29) is 41.4 Å². The zero-order valence-electron chi connectivity index (χ0n) is 19.2. The van der Waals surface area contributed by atoms with E-state index in [4.69, 9.17) is 0 Å². The Labute approximate surface area is 198 Å². The Balaban J connectivity index is 0.00000240. The molecule has 1 saturated heterocycles. The van der Waals surface area contributed by atoms with Crippen LogP contribution in [0.3, 0.4) is 0 Å². The predicted molar refractivity (Wildman–Crippen MR) is 107 cm³/mol. The number of nitrogens with zero attached hydrogens (tertiary/aromatic N) is 1. The van der Waals surface area contributed by atoms with Crippen molar-refractivity contribution in [1.82, 2.24) is 4.90 Å². The minimum Gasteiger partial charge on any atom is -0.550 e. The molecule has 0 aromatic carbocycles. The Morgan fingerprint density at radius 3 is 2.48 bits per heavy atom. The molecule has 0 radical (unpaired) electrons. The van der Waals surface area contributed by atoms with Gasteiger partial charge in [0.25, 0.3) is 0 Å². The van der Waals surface area contributed by atoms with Crippen LogP contribution in [-0.4, -0.2) is 29.9 Å². The van der Waals surface area contributed by atoms with Crippen LogP contribution in [0.5, 0.6) is 0 Å². The molecule has 1 aliphatic heterocycles. The van der Waals surface area contributed by atoms with Crippen molar-refractivity contribution in [1.29, 1.82) is 0 Å². The summed E-state index contributed by atoms with van der Waals surface area (Å²) in [4.78, 5) is 25.3. The number of carboxylic acids is 1. The molecular formula is C24H38NNaO3. The second-order valence-corrected chi connectivity index (χ2v) is 11.1. The Morgan fingerprint density at radius 1 is 1.10 bits per heavy atom. The smallest absolute Gasteiger partial charge is 0.550 e. The zero-order chi connectivity index (χ0) is 20.3. The molecule has 29 heavy (non-hydrogen) atoms. The van der Waals surface area contributed by atoms with Crippen LogP contribution in [0.4, 0.5) is 0 Å². The van der Waals surface area contributed by atoms with Crippen LogP contribution in [0.2, 0.25) is 0 Å². The summed E-state index contributed by atoms with van der Waals surface area (Å²) in [5.74, 6) is 2.87. The number of carboxylic acid groups (broad SMARTS) is 1. The Kier molecular flexibility index (Phi) is 6.89. The van der Waals surface area contributed by atoms with Gasteiger partial charge in [-0.15, -0.1) is 0 Å². The summed E-state index contributed by atoms with van der Waals surface area (Å²) in [7, 11) is 2.03. The van der Waals surface area contributed by atoms with E-state index in [9.17, 15) is 14.7 Å². The first kappa shape index (κ1) is 23.6. The van der Waals surface area contributed by atoms with Crippen LogP contribution in [-0.2, 0) is 9.59 Å². The maximum absolute atomic E-state index is 12.3. The molecule has 4 aliphatic rings. The minimum atomic E-state index is -0.905. The van der Waals surface area contributed by atoms with Crippen LogP contribution in [0.1, 0.15) is 85.0 Å². The van der Waals surface area contributed by atoms with Crippen molar-refractivity contribution in [2.24, 2.45) is 40.4 Å². The summed E-state index contributed by atoms with van der Waals surface area (Å²) >= 11 is 0. The molecule has 0 aromatic heterocycles. The third-order valence-corrected chi connectivity index (χ3v) is 10.1. The van der Waals surface area contributed by atoms with Gasteiger partial charge in [0, 0.05) is 25.5 Å². The van der Waals surface area contributed by atoms with Gasteiger partial charge in [-0.1, -0.05) is 20.8 Å². The number of piperidine rings is 1. The van der Waals surface area contributed by atoms with Crippen molar-refractivity contribution in [2.75, 3.05) is 7.05 Å². The first-order valence-corrected chi connectivity index (χ1v) is 11.6. The maximum atomic E-state index is 12.3. The summed E-state index contributed by atoms with van der Waals surface area (Å²) in [6, 6.07) is 0.429. The molecule has 0 N–H and O–H groups in total. The van der Waals surface area contributed by atoms with Gasteiger partial charge < -0.3 is 14.8 Å². The summed E-state index contributed by atoms with van der Waals surface area (Å²) < 4.78 is 0. The quantitative estimate of drug-likeness (QED) is 0.638. The van der Waals surface area contributed by atoms with E-state index < -0.39 is 5.97 Å². The Bertz CT molecular complexity index is 654. The van der Waals surface area contributed by atoms with E-state index >= 15 is 0 Å². The largest absolute Gasteiger partial charge is 1.00 e. The molecule has 3 aliphatic carbocycles.